The molecule has 0 saturated carbocycles. The van der Waals surface area contributed by atoms with Gasteiger partial charge in [-0.3, -0.25) is 9.69 Å². The van der Waals surface area contributed by atoms with E-state index in [4.69, 9.17) is 23.2 Å². The van der Waals surface area contributed by atoms with Gasteiger partial charge in [0.2, 0.25) is 5.91 Å². The molecule has 1 N–H and O–H groups in total. The first-order valence-electron chi connectivity index (χ1n) is 13.9. The van der Waals surface area contributed by atoms with Crippen molar-refractivity contribution in [2.45, 2.75) is 25.3 Å². The first-order chi connectivity index (χ1) is 20.0. The Morgan fingerprint density at radius 3 is 2.36 bits per heavy atom. The van der Waals surface area contributed by atoms with Crippen LogP contribution in [0.2, 0.25) is 10.0 Å². The Morgan fingerprint density at radius 2 is 1.69 bits per heavy atom. The van der Waals surface area contributed by atoms with Gasteiger partial charge in [0.1, 0.15) is 0 Å². The molecule has 1 amide bonds. The number of benzene rings is 3. The van der Waals surface area contributed by atoms with Crippen molar-refractivity contribution in [1.82, 2.24) is 13.5 Å². The SMILES string of the molecule is CN(C)S(=O)(=O)N1CCC(C2c3ccc(-c4cccc(C#N)c4)cc3CCN2CC(=O)Nc2cc(Cl)cc(Cl)c2)CC1. The van der Waals surface area contributed by atoms with Crippen LogP contribution >= 0.6 is 23.2 Å². The second-order valence-electron chi connectivity index (χ2n) is 11.0. The van der Waals surface area contributed by atoms with E-state index in [0.717, 1.165) is 23.1 Å². The molecule has 0 spiro atoms. The standard InChI is InChI=1S/C31H33Cl2N5O3S/c1-36(2)42(40,41)38-12-9-22(10-13-38)31-29-7-6-24(23-5-3-4-21(14-23)19-34)15-25(29)8-11-37(31)20-30(39)35-28-17-26(32)16-27(33)18-28/h3-7,14-18,22,31H,8-13,20H2,1-2H3,(H,35,39). The topological polar surface area (TPSA) is 96.8 Å². The zero-order valence-corrected chi connectivity index (χ0v) is 25.9. The zero-order chi connectivity index (χ0) is 30.0. The maximum absolute atomic E-state index is 13.2. The Hall–Kier alpha value is -2.97. The Labute approximate surface area is 257 Å². The summed E-state index contributed by atoms with van der Waals surface area (Å²) in [5.74, 6) is -0.00168. The molecule has 0 bridgehead atoms. The molecular weight excluding hydrogens is 593 g/mol. The van der Waals surface area contributed by atoms with E-state index in [9.17, 15) is 18.5 Å². The normalized spacial score (nSPS) is 18.4. The number of halogens is 2. The minimum atomic E-state index is -3.49. The van der Waals surface area contributed by atoms with Crippen molar-refractivity contribution >= 4 is 45.0 Å². The van der Waals surface area contributed by atoms with E-state index in [-0.39, 0.29) is 24.4 Å². The number of rotatable bonds is 7. The number of amides is 1. The van der Waals surface area contributed by atoms with Gasteiger partial charge >= 0.3 is 0 Å². The lowest BCUT2D eigenvalue weighted by Gasteiger charge is -2.44. The second-order valence-corrected chi connectivity index (χ2v) is 14.0. The largest absolute Gasteiger partial charge is 0.325 e. The number of fused-ring (bicyclic) bond motifs is 1. The van der Waals surface area contributed by atoms with E-state index >= 15 is 0 Å². The number of carbonyl (C=O) groups excluding carboxylic acids is 1. The van der Waals surface area contributed by atoms with Gasteiger partial charge in [-0.2, -0.15) is 22.3 Å². The van der Waals surface area contributed by atoms with Crippen molar-refractivity contribution in [3.63, 3.8) is 0 Å². The predicted octanol–water partition coefficient (Wildman–Crippen LogP) is 5.59. The number of piperidine rings is 1. The highest BCUT2D eigenvalue weighted by Gasteiger charge is 2.38. The number of nitrogens with zero attached hydrogens (tertiary/aromatic N) is 4. The van der Waals surface area contributed by atoms with Crippen LogP contribution in [0.1, 0.15) is 35.6 Å². The summed E-state index contributed by atoms with van der Waals surface area (Å²) in [6.07, 6.45) is 2.14. The molecule has 3 aromatic carbocycles. The minimum Gasteiger partial charge on any atom is -0.325 e. The van der Waals surface area contributed by atoms with Crippen LogP contribution < -0.4 is 5.32 Å². The van der Waals surface area contributed by atoms with Crippen LogP contribution in [0.3, 0.4) is 0 Å². The van der Waals surface area contributed by atoms with E-state index in [1.807, 2.05) is 18.2 Å². The number of hydrogen-bond acceptors (Lipinski definition) is 5. The molecule has 11 heteroatoms. The fourth-order valence-corrected chi connectivity index (χ4v) is 7.71. The van der Waals surface area contributed by atoms with Crippen molar-refractivity contribution in [3.05, 3.63) is 87.4 Å². The van der Waals surface area contributed by atoms with E-state index < -0.39 is 10.2 Å². The fraction of sp³-hybridized carbons (Fsp3) is 0.355. The molecule has 0 radical (unpaired) electrons. The van der Waals surface area contributed by atoms with Gasteiger partial charge < -0.3 is 5.32 Å². The Bertz CT molecular complexity index is 1610. The third-order valence-corrected chi connectivity index (χ3v) is 10.5. The fourth-order valence-electron chi connectivity index (χ4n) is 6.05. The summed E-state index contributed by atoms with van der Waals surface area (Å²) in [6, 6.07) is 21.1. The lowest BCUT2D eigenvalue weighted by molar-refractivity contribution is -0.118. The van der Waals surface area contributed by atoms with E-state index in [1.54, 1.807) is 42.7 Å². The second kappa shape index (κ2) is 12.7. The zero-order valence-electron chi connectivity index (χ0n) is 23.6. The van der Waals surface area contributed by atoms with Crippen molar-refractivity contribution < 1.29 is 13.2 Å². The average Bonchev–Trinajstić information content (AvgIpc) is 2.96. The maximum atomic E-state index is 13.2. The number of hydrogen-bond donors (Lipinski definition) is 1. The molecule has 0 aliphatic carbocycles. The molecule has 42 heavy (non-hydrogen) atoms. The third kappa shape index (κ3) is 6.65. The average molecular weight is 627 g/mol. The summed E-state index contributed by atoms with van der Waals surface area (Å²) in [5.41, 5.74) is 5.55. The molecule has 2 aliphatic heterocycles. The predicted molar refractivity (Wildman–Crippen MR) is 167 cm³/mol. The summed E-state index contributed by atoms with van der Waals surface area (Å²) in [7, 11) is -0.383. The number of anilines is 1. The monoisotopic (exact) mass is 625 g/mol. The van der Waals surface area contributed by atoms with Gasteiger partial charge in [-0.05, 0) is 77.8 Å². The van der Waals surface area contributed by atoms with Gasteiger partial charge in [-0.1, -0.05) is 53.5 Å². The lowest BCUT2D eigenvalue weighted by atomic mass is 9.79. The molecule has 3 aromatic rings. The molecular formula is C31H33Cl2N5O3S. The third-order valence-electron chi connectivity index (χ3n) is 8.07. The van der Waals surface area contributed by atoms with Gasteiger partial charge in [0.15, 0.2) is 0 Å². The van der Waals surface area contributed by atoms with Crippen LogP contribution in [0.4, 0.5) is 5.69 Å². The molecule has 1 atom stereocenters. The van der Waals surface area contributed by atoms with Crippen molar-refractivity contribution in [3.8, 4) is 17.2 Å². The first-order valence-corrected chi connectivity index (χ1v) is 16.0. The molecule has 2 aliphatic rings. The Kier molecular flexibility index (Phi) is 9.23. The van der Waals surface area contributed by atoms with Crippen LogP contribution in [0, 0.1) is 17.2 Å². The number of nitrogens with one attached hydrogen (secondary N) is 1. The van der Waals surface area contributed by atoms with Crippen LogP contribution in [0.25, 0.3) is 11.1 Å². The van der Waals surface area contributed by atoms with Crippen LogP contribution in [0.15, 0.2) is 60.7 Å². The first kappa shape index (κ1) is 30.5. The molecule has 1 fully saturated rings. The Morgan fingerprint density at radius 1 is 1.00 bits per heavy atom. The molecule has 5 rings (SSSR count). The molecule has 1 saturated heterocycles. The highest BCUT2D eigenvalue weighted by molar-refractivity contribution is 7.86. The highest BCUT2D eigenvalue weighted by Crippen LogP contribution is 2.41. The minimum absolute atomic E-state index is 0.0499. The molecule has 2 heterocycles. The van der Waals surface area contributed by atoms with Gasteiger partial charge in [0.05, 0.1) is 18.2 Å². The van der Waals surface area contributed by atoms with Gasteiger partial charge in [-0.25, -0.2) is 0 Å². The van der Waals surface area contributed by atoms with Crippen LogP contribution in [0.5, 0.6) is 0 Å². The van der Waals surface area contributed by atoms with Crippen molar-refractivity contribution in [1.29, 1.82) is 5.26 Å². The summed E-state index contributed by atoms with van der Waals surface area (Å²) >= 11 is 12.3. The molecule has 1 unspecified atom stereocenters. The molecule has 0 aromatic heterocycles. The summed E-state index contributed by atoms with van der Waals surface area (Å²) in [4.78, 5) is 15.5. The quantitative estimate of drug-likeness (QED) is 0.369. The van der Waals surface area contributed by atoms with E-state index in [1.165, 1.54) is 9.87 Å². The number of nitriles is 1. The highest BCUT2D eigenvalue weighted by atomic mass is 35.5. The summed E-state index contributed by atoms with van der Waals surface area (Å²) in [6.45, 7) is 1.71. The van der Waals surface area contributed by atoms with Crippen molar-refractivity contribution in [2.24, 2.45) is 5.92 Å². The number of carbonyl (C=O) groups is 1. The van der Waals surface area contributed by atoms with Gasteiger partial charge in [-0.15, -0.1) is 0 Å². The lowest BCUT2D eigenvalue weighted by Crippen LogP contribution is -2.48. The Balaban J connectivity index is 1.42. The molecule has 8 nitrogen and oxygen atoms in total. The van der Waals surface area contributed by atoms with Crippen LogP contribution in [-0.2, 0) is 21.4 Å². The van der Waals surface area contributed by atoms with Gasteiger partial charge in [0.25, 0.3) is 10.2 Å². The van der Waals surface area contributed by atoms with Crippen molar-refractivity contribution in [2.75, 3.05) is 45.6 Å². The molecule has 220 valence electrons. The summed E-state index contributed by atoms with van der Waals surface area (Å²) in [5, 5.41) is 13.2. The maximum Gasteiger partial charge on any atom is 0.281 e. The smallest absolute Gasteiger partial charge is 0.281 e. The van der Waals surface area contributed by atoms with Gasteiger partial charge in [0, 0.05) is 55.5 Å². The van der Waals surface area contributed by atoms with E-state index in [0.29, 0.717) is 53.8 Å². The van der Waals surface area contributed by atoms with Crippen LogP contribution in [-0.4, -0.2) is 68.1 Å². The van der Waals surface area contributed by atoms with E-state index in [2.05, 4.69) is 34.5 Å². The summed E-state index contributed by atoms with van der Waals surface area (Å²) < 4.78 is 28.3.